The van der Waals surface area contributed by atoms with E-state index in [1.807, 2.05) is 0 Å². The van der Waals surface area contributed by atoms with Crippen LogP contribution in [0.25, 0.3) is 0 Å². The van der Waals surface area contributed by atoms with Gasteiger partial charge in [-0.3, -0.25) is 0 Å². The summed E-state index contributed by atoms with van der Waals surface area (Å²) >= 11 is 0. The topological polar surface area (TPSA) is 89.9 Å². The number of rotatable bonds is 5. The van der Waals surface area contributed by atoms with Gasteiger partial charge in [-0.25, -0.2) is 9.59 Å². The van der Waals surface area contributed by atoms with E-state index in [1.165, 1.54) is 0 Å². The molecule has 1 fully saturated rings. The normalized spacial score (nSPS) is 21.4. The Kier molecular flexibility index (Phi) is 5.91. The van der Waals surface area contributed by atoms with Crippen LogP contribution in [0.1, 0.15) is 32.6 Å². The zero-order valence-corrected chi connectivity index (χ0v) is 10.8. The molecular weight excluding hydrogens is 236 g/mol. The number of carbonyl (C=O) groups excluding carboxylic acids is 1. The summed E-state index contributed by atoms with van der Waals surface area (Å²) in [5, 5.41) is 20.2. The number of hydrogen-bond acceptors (Lipinski definition) is 3. The number of nitrogens with zero attached hydrogens (tertiary/aromatic N) is 1. The van der Waals surface area contributed by atoms with Crippen molar-refractivity contribution in [3.63, 3.8) is 0 Å². The first kappa shape index (κ1) is 14.8. The van der Waals surface area contributed by atoms with E-state index in [4.69, 9.17) is 10.2 Å². The first-order valence-electron chi connectivity index (χ1n) is 6.48. The van der Waals surface area contributed by atoms with Gasteiger partial charge in [0.2, 0.25) is 0 Å². The van der Waals surface area contributed by atoms with Crippen molar-refractivity contribution in [2.75, 3.05) is 19.6 Å². The Labute approximate surface area is 107 Å². The standard InChI is InChI=1S/C12H22N2O4/c1-2-9-4-3-7-14(8-9)12(18)13-6-5-10(15)11(16)17/h9-10,15H,2-8H2,1H3,(H,13,18)(H,16,17)/t9?,10-/m0/s1. The number of carboxylic acids is 1. The van der Waals surface area contributed by atoms with E-state index in [1.54, 1.807) is 4.90 Å². The van der Waals surface area contributed by atoms with Gasteiger partial charge in [0.1, 0.15) is 0 Å². The fourth-order valence-electron chi connectivity index (χ4n) is 2.13. The summed E-state index contributed by atoms with van der Waals surface area (Å²) in [4.78, 5) is 24.0. The highest BCUT2D eigenvalue weighted by atomic mass is 16.4. The molecule has 0 saturated carbocycles. The monoisotopic (exact) mass is 258 g/mol. The molecule has 0 bridgehead atoms. The third-order valence-electron chi connectivity index (χ3n) is 3.36. The lowest BCUT2D eigenvalue weighted by molar-refractivity contribution is -0.146. The molecule has 1 aliphatic heterocycles. The van der Waals surface area contributed by atoms with Gasteiger partial charge in [-0.1, -0.05) is 13.3 Å². The van der Waals surface area contributed by atoms with Crippen molar-refractivity contribution in [2.24, 2.45) is 5.92 Å². The molecule has 3 N–H and O–H groups in total. The van der Waals surface area contributed by atoms with Crippen LogP contribution in [0.2, 0.25) is 0 Å². The highest BCUT2D eigenvalue weighted by molar-refractivity contribution is 5.74. The SMILES string of the molecule is CCC1CCCN(C(=O)NCC[C@H](O)C(=O)O)C1. The molecule has 6 heteroatoms. The number of piperidine rings is 1. The zero-order chi connectivity index (χ0) is 13.5. The molecule has 0 aromatic heterocycles. The Hall–Kier alpha value is -1.30. The minimum Gasteiger partial charge on any atom is -0.479 e. The number of aliphatic hydroxyl groups excluding tert-OH is 1. The maximum absolute atomic E-state index is 11.8. The van der Waals surface area contributed by atoms with Crippen molar-refractivity contribution >= 4 is 12.0 Å². The Morgan fingerprint density at radius 3 is 2.83 bits per heavy atom. The van der Waals surface area contributed by atoms with Crippen LogP contribution in [-0.4, -0.2) is 52.9 Å². The Balaban J connectivity index is 2.26. The molecule has 104 valence electrons. The molecule has 0 aliphatic carbocycles. The lowest BCUT2D eigenvalue weighted by Crippen LogP contribution is -2.46. The molecule has 2 atom stereocenters. The zero-order valence-electron chi connectivity index (χ0n) is 10.8. The first-order valence-corrected chi connectivity index (χ1v) is 6.48. The quantitative estimate of drug-likeness (QED) is 0.675. The predicted octanol–water partition coefficient (Wildman–Crippen LogP) is 0.654. The van der Waals surface area contributed by atoms with Gasteiger partial charge in [0, 0.05) is 26.1 Å². The molecule has 1 aliphatic rings. The summed E-state index contributed by atoms with van der Waals surface area (Å²) in [5.74, 6) is -0.692. The van der Waals surface area contributed by atoms with Crippen molar-refractivity contribution in [1.82, 2.24) is 10.2 Å². The number of urea groups is 1. The Bertz CT molecular complexity index is 296. The minimum atomic E-state index is -1.41. The number of aliphatic carboxylic acids is 1. The maximum Gasteiger partial charge on any atom is 0.332 e. The molecule has 1 rings (SSSR count). The van der Waals surface area contributed by atoms with Gasteiger partial charge in [-0.05, 0) is 18.8 Å². The molecule has 18 heavy (non-hydrogen) atoms. The molecule has 0 spiro atoms. The van der Waals surface area contributed by atoms with Gasteiger partial charge >= 0.3 is 12.0 Å². The number of carboxylic acid groups (broad SMARTS) is 1. The van der Waals surface area contributed by atoms with E-state index in [0.29, 0.717) is 5.92 Å². The lowest BCUT2D eigenvalue weighted by atomic mass is 9.96. The fraction of sp³-hybridized carbons (Fsp3) is 0.833. The number of carbonyl (C=O) groups is 2. The first-order chi connectivity index (χ1) is 8.54. The van der Waals surface area contributed by atoms with Crippen LogP contribution < -0.4 is 5.32 Å². The molecule has 2 amide bonds. The van der Waals surface area contributed by atoms with Crippen LogP contribution in [-0.2, 0) is 4.79 Å². The molecular formula is C12H22N2O4. The van der Waals surface area contributed by atoms with Gasteiger partial charge in [0.25, 0.3) is 0 Å². The summed E-state index contributed by atoms with van der Waals surface area (Å²) in [7, 11) is 0. The highest BCUT2D eigenvalue weighted by Gasteiger charge is 2.22. The number of hydrogen-bond donors (Lipinski definition) is 3. The molecule has 0 radical (unpaired) electrons. The minimum absolute atomic E-state index is 0.0338. The highest BCUT2D eigenvalue weighted by Crippen LogP contribution is 2.18. The Morgan fingerprint density at radius 2 is 2.22 bits per heavy atom. The summed E-state index contributed by atoms with van der Waals surface area (Å²) in [5.41, 5.74) is 0. The summed E-state index contributed by atoms with van der Waals surface area (Å²) in [6, 6.07) is -0.161. The molecule has 0 aromatic carbocycles. The average Bonchev–Trinajstić information content (AvgIpc) is 2.38. The number of nitrogens with one attached hydrogen (secondary N) is 1. The van der Waals surface area contributed by atoms with Gasteiger partial charge in [0.05, 0.1) is 0 Å². The summed E-state index contributed by atoms with van der Waals surface area (Å²) < 4.78 is 0. The molecule has 1 saturated heterocycles. The second kappa shape index (κ2) is 7.20. The van der Waals surface area contributed by atoms with E-state index >= 15 is 0 Å². The summed E-state index contributed by atoms with van der Waals surface area (Å²) in [6.45, 7) is 3.82. The van der Waals surface area contributed by atoms with Crippen molar-refractivity contribution in [3.05, 3.63) is 0 Å². The fourth-order valence-corrected chi connectivity index (χ4v) is 2.13. The molecule has 1 unspecified atom stereocenters. The third-order valence-corrected chi connectivity index (χ3v) is 3.36. The van der Waals surface area contributed by atoms with E-state index < -0.39 is 12.1 Å². The third kappa shape index (κ3) is 4.52. The van der Waals surface area contributed by atoms with Crippen LogP contribution in [0.5, 0.6) is 0 Å². The average molecular weight is 258 g/mol. The van der Waals surface area contributed by atoms with Crippen molar-refractivity contribution in [1.29, 1.82) is 0 Å². The Morgan fingerprint density at radius 1 is 1.50 bits per heavy atom. The van der Waals surface area contributed by atoms with Gasteiger partial charge < -0.3 is 20.4 Å². The van der Waals surface area contributed by atoms with E-state index in [2.05, 4.69) is 12.2 Å². The van der Waals surface area contributed by atoms with Crippen LogP contribution in [0, 0.1) is 5.92 Å². The van der Waals surface area contributed by atoms with Crippen LogP contribution in [0.15, 0.2) is 0 Å². The van der Waals surface area contributed by atoms with E-state index in [9.17, 15) is 9.59 Å². The predicted molar refractivity (Wildman–Crippen MR) is 66.2 cm³/mol. The maximum atomic E-state index is 11.8. The van der Waals surface area contributed by atoms with Gasteiger partial charge in [0.15, 0.2) is 6.10 Å². The van der Waals surface area contributed by atoms with Crippen LogP contribution in [0.3, 0.4) is 0 Å². The lowest BCUT2D eigenvalue weighted by Gasteiger charge is -2.32. The van der Waals surface area contributed by atoms with E-state index in [-0.39, 0.29) is 19.0 Å². The van der Waals surface area contributed by atoms with Crippen molar-refractivity contribution in [3.8, 4) is 0 Å². The molecule has 1 heterocycles. The smallest absolute Gasteiger partial charge is 0.332 e. The number of aliphatic hydroxyl groups is 1. The van der Waals surface area contributed by atoms with E-state index in [0.717, 1.165) is 32.4 Å². The van der Waals surface area contributed by atoms with Gasteiger partial charge in [-0.2, -0.15) is 0 Å². The molecule has 0 aromatic rings. The van der Waals surface area contributed by atoms with Crippen LogP contribution >= 0.6 is 0 Å². The second-order valence-corrected chi connectivity index (χ2v) is 4.74. The van der Waals surface area contributed by atoms with Crippen molar-refractivity contribution < 1.29 is 19.8 Å². The van der Waals surface area contributed by atoms with Crippen molar-refractivity contribution in [2.45, 2.75) is 38.7 Å². The largest absolute Gasteiger partial charge is 0.479 e. The summed E-state index contributed by atoms with van der Waals surface area (Å²) in [6.07, 6.45) is 1.88. The van der Waals surface area contributed by atoms with Gasteiger partial charge in [-0.15, -0.1) is 0 Å². The number of likely N-dealkylation sites (tertiary alicyclic amines) is 1. The van der Waals surface area contributed by atoms with Crippen LogP contribution in [0.4, 0.5) is 4.79 Å². The molecule has 6 nitrogen and oxygen atoms in total. The second-order valence-electron chi connectivity index (χ2n) is 4.74. The number of amides is 2.